The van der Waals surface area contributed by atoms with Gasteiger partial charge in [-0.05, 0) is 6.07 Å². The molecule has 0 saturated carbocycles. The SMILES string of the molecule is O=C1CC(CS(=O)(=O)F)CN1c1cc([N+](=O)[O-])ccc1Cl. The first-order valence-corrected chi connectivity index (χ1v) is 7.77. The highest BCUT2D eigenvalue weighted by Gasteiger charge is 2.35. The lowest BCUT2D eigenvalue weighted by molar-refractivity contribution is -0.384. The minimum atomic E-state index is -4.69. The van der Waals surface area contributed by atoms with Crippen LogP contribution in [0.1, 0.15) is 6.42 Å². The van der Waals surface area contributed by atoms with Crippen LogP contribution in [0.5, 0.6) is 0 Å². The Morgan fingerprint density at radius 2 is 2.14 bits per heavy atom. The third kappa shape index (κ3) is 3.67. The van der Waals surface area contributed by atoms with E-state index in [0.717, 1.165) is 11.0 Å². The molecule has 1 amide bonds. The summed E-state index contributed by atoms with van der Waals surface area (Å²) < 4.78 is 33.9. The van der Waals surface area contributed by atoms with E-state index in [1.165, 1.54) is 12.1 Å². The number of anilines is 1. The molecule has 0 spiro atoms. The molecule has 0 aromatic heterocycles. The minimum Gasteiger partial charge on any atom is -0.310 e. The molecule has 1 aliphatic heterocycles. The third-order valence-corrected chi connectivity index (χ3v) is 4.26. The van der Waals surface area contributed by atoms with Crippen LogP contribution in [0.4, 0.5) is 15.3 Å². The first-order chi connectivity index (χ1) is 9.67. The number of nitro benzene ring substituents is 1. The van der Waals surface area contributed by atoms with Gasteiger partial charge in [0.05, 0.1) is 21.4 Å². The molecule has 1 atom stereocenters. The molecule has 10 heteroatoms. The fraction of sp³-hybridized carbons (Fsp3) is 0.364. The highest BCUT2D eigenvalue weighted by molar-refractivity contribution is 7.86. The van der Waals surface area contributed by atoms with Gasteiger partial charge in [0.1, 0.15) is 0 Å². The topological polar surface area (TPSA) is 97.6 Å². The van der Waals surface area contributed by atoms with Crippen LogP contribution in [0.3, 0.4) is 0 Å². The van der Waals surface area contributed by atoms with E-state index in [4.69, 9.17) is 11.6 Å². The van der Waals surface area contributed by atoms with Crippen LogP contribution in [0, 0.1) is 16.0 Å². The van der Waals surface area contributed by atoms with Gasteiger partial charge in [0.25, 0.3) is 5.69 Å². The zero-order valence-corrected chi connectivity index (χ0v) is 12.1. The van der Waals surface area contributed by atoms with Crippen LogP contribution < -0.4 is 4.90 Å². The van der Waals surface area contributed by atoms with Crippen molar-refractivity contribution in [3.63, 3.8) is 0 Å². The van der Waals surface area contributed by atoms with Gasteiger partial charge in [0.15, 0.2) is 0 Å². The number of nitrogens with zero attached hydrogens (tertiary/aromatic N) is 2. The molecule has 1 fully saturated rings. The molecule has 1 unspecified atom stereocenters. The second-order valence-electron chi connectivity index (χ2n) is 4.67. The Bertz CT molecular complexity index is 709. The summed E-state index contributed by atoms with van der Waals surface area (Å²) in [5, 5.41) is 10.9. The number of benzene rings is 1. The number of hydrogen-bond donors (Lipinski definition) is 0. The van der Waals surface area contributed by atoms with Gasteiger partial charge in [-0.25, -0.2) is 0 Å². The van der Waals surface area contributed by atoms with Gasteiger partial charge in [-0.2, -0.15) is 8.42 Å². The summed E-state index contributed by atoms with van der Waals surface area (Å²) in [4.78, 5) is 23.1. The van der Waals surface area contributed by atoms with Crippen LogP contribution in [0.2, 0.25) is 5.02 Å². The fourth-order valence-electron chi connectivity index (χ4n) is 2.23. The fourth-order valence-corrected chi connectivity index (χ4v) is 3.23. The minimum absolute atomic E-state index is 0.0527. The maximum absolute atomic E-state index is 12.7. The van der Waals surface area contributed by atoms with Crippen molar-refractivity contribution in [2.75, 3.05) is 17.2 Å². The average Bonchev–Trinajstić information content (AvgIpc) is 2.67. The van der Waals surface area contributed by atoms with E-state index in [9.17, 15) is 27.2 Å². The maximum Gasteiger partial charge on any atom is 0.302 e. The Hall–Kier alpha value is -1.74. The quantitative estimate of drug-likeness (QED) is 0.475. The van der Waals surface area contributed by atoms with Crippen LogP contribution in [-0.4, -0.2) is 31.5 Å². The summed E-state index contributed by atoms with van der Waals surface area (Å²) in [6.45, 7) is -0.0527. The molecule has 1 aliphatic rings. The number of hydrogen-bond acceptors (Lipinski definition) is 5. The van der Waals surface area contributed by atoms with Crippen LogP contribution >= 0.6 is 11.6 Å². The summed E-state index contributed by atoms with van der Waals surface area (Å²) in [6.07, 6.45) is -0.151. The molecule has 2 rings (SSSR count). The molecule has 1 aromatic rings. The van der Waals surface area contributed by atoms with E-state index in [0.29, 0.717) is 0 Å². The smallest absolute Gasteiger partial charge is 0.302 e. The molecule has 0 radical (unpaired) electrons. The predicted octanol–water partition coefficient (Wildman–Crippen LogP) is 1.90. The van der Waals surface area contributed by atoms with E-state index in [2.05, 4.69) is 0 Å². The molecular weight excluding hydrogens is 327 g/mol. The van der Waals surface area contributed by atoms with Crippen molar-refractivity contribution in [2.24, 2.45) is 5.92 Å². The van der Waals surface area contributed by atoms with E-state index < -0.39 is 32.7 Å². The van der Waals surface area contributed by atoms with Gasteiger partial charge < -0.3 is 4.90 Å². The number of carbonyl (C=O) groups excluding carboxylic acids is 1. The highest BCUT2D eigenvalue weighted by Crippen LogP contribution is 2.34. The first kappa shape index (κ1) is 15.6. The van der Waals surface area contributed by atoms with Gasteiger partial charge in [-0.15, -0.1) is 3.89 Å². The second kappa shape index (κ2) is 5.57. The van der Waals surface area contributed by atoms with Gasteiger partial charge in [-0.3, -0.25) is 14.9 Å². The van der Waals surface area contributed by atoms with Crippen LogP contribution in [0.15, 0.2) is 18.2 Å². The van der Waals surface area contributed by atoms with Crippen molar-refractivity contribution in [1.82, 2.24) is 0 Å². The molecule has 1 saturated heterocycles. The molecular formula is C11H10ClFN2O5S. The van der Waals surface area contributed by atoms with Crippen molar-refractivity contribution in [1.29, 1.82) is 0 Å². The Morgan fingerprint density at radius 3 is 2.71 bits per heavy atom. The van der Waals surface area contributed by atoms with E-state index in [-0.39, 0.29) is 29.4 Å². The number of rotatable bonds is 4. The summed E-state index contributed by atoms with van der Waals surface area (Å²) in [6, 6.07) is 3.60. The number of nitro groups is 1. The van der Waals surface area contributed by atoms with Crippen molar-refractivity contribution in [2.45, 2.75) is 6.42 Å². The van der Waals surface area contributed by atoms with E-state index in [1.807, 2.05) is 0 Å². The monoisotopic (exact) mass is 336 g/mol. The van der Waals surface area contributed by atoms with E-state index in [1.54, 1.807) is 0 Å². The lowest BCUT2D eigenvalue weighted by atomic mass is 10.1. The molecule has 1 heterocycles. The molecule has 0 bridgehead atoms. The Kier molecular flexibility index (Phi) is 4.15. The molecule has 21 heavy (non-hydrogen) atoms. The Labute approximate surface area is 124 Å². The van der Waals surface area contributed by atoms with Crippen LogP contribution in [-0.2, 0) is 15.0 Å². The summed E-state index contributed by atoms with van der Waals surface area (Å²) >= 11 is 5.92. The van der Waals surface area contributed by atoms with Gasteiger partial charge in [0, 0.05) is 31.0 Å². The first-order valence-electron chi connectivity index (χ1n) is 5.84. The number of halogens is 2. The van der Waals surface area contributed by atoms with Gasteiger partial charge in [0.2, 0.25) is 5.91 Å². The zero-order valence-electron chi connectivity index (χ0n) is 10.5. The molecule has 114 valence electrons. The molecule has 7 nitrogen and oxygen atoms in total. The van der Waals surface area contributed by atoms with E-state index >= 15 is 0 Å². The number of non-ortho nitro benzene ring substituents is 1. The van der Waals surface area contributed by atoms with Crippen molar-refractivity contribution >= 4 is 39.1 Å². The van der Waals surface area contributed by atoms with Crippen molar-refractivity contribution < 1.29 is 22.0 Å². The van der Waals surface area contributed by atoms with Gasteiger partial charge in [-0.1, -0.05) is 11.6 Å². The summed E-state index contributed by atoms with van der Waals surface area (Å²) in [7, 11) is -4.69. The summed E-state index contributed by atoms with van der Waals surface area (Å²) in [5.74, 6) is -1.92. The number of carbonyl (C=O) groups is 1. The Balaban J connectivity index is 2.28. The molecule has 0 aliphatic carbocycles. The normalized spacial score (nSPS) is 19.0. The Morgan fingerprint density at radius 1 is 1.48 bits per heavy atom. The van der Waals surface area contributed by atoms with Gasteiger partial charge >= 0.3 is 10.2 Å². The average molecular weight is 337 g/mol. The molecule has 1 aromatic carbocycles. The van der Waals surface area contributed by atoms with Crippen molar-refractivity contribution in [3.8, 4) is 0 Å². The third-order valence-electron chi connectivity index (χ3n) is 3.07. The zero-order chi connectivity index (χ0) is 15.8. The lowest BCUT2D eigenvalue weighted by Crippen LogP contribution is -2.25. The van der Waals surface area contributed by atoms with Crippen molar-refractivity contribution in [3.05, 3.63) is 33.3 Å². The number of amides is 1. The predicted molar refractivity (Wildman–Crippen MR) is 73.5 cm³/mol. The lowest BCUT2D eigenvalue weighted by Gasteiger charge is -2.17. The van der Waals surface area contributed by atoms with Crippen LogP contribution in [0.25, 0.3) is 0 Å². The standard InChI is InChI=1S/C11H10ClFN2O5S/c12-9-2-1-8(15(17)18)4-10(9)14-5-7(3-11(14)16)6-21(13,19)20/h1-2,4,7H,3,5-6H2. The maximum atomic E-state index is 12.7. The summed E-state index contributed by atoms with van der Waals surface area (Å²) in [5.41, 5.74) is -0.126. The highest BCUT2D eigenvalue weighted by atomic mass is 35.5. The largest absolute Gasteiger partial charge is 0.310 e. The second-order valence-corrected chi connectivity index (χ2v) is 6.49. The molecule has 0 N–H and O–H groups in total.